The number of aliphatic hydroxyl groups excluding tert-OH is 2. The molecule has 0 saturated heterocycles. The largest absolute Gasteiger partial charge is 0.466 e. The van der Waals surface area contributed by atoms with Crippen LogP contribution in [0.15, 0.2) is 24.3 Å². The summed E-state index contributed by atoms with van der Waals surface area (Å²) < 4.78 is 5.50. The van der Waals surface area contributed by atoms with Crippen LogP contribution >= 0.6 is 0 Å². The van der Waals surface area contributed by atoms with Gasteiger partial charge in [0.15, 0.2) is 0 Å². The molecule has 0 radical (unpaired) electrons. The van der Waals surface area contributed by atoms with E-state index >= 15 is 0 Å². The minimum Gasteiger partial charge on any atom is -0.466 e. The summed E-state index contributed by atoms with van der Waals surface area (Å²) in [6, 6.07) is -0.629. The number of aliphatic hydroxyl groups is 2. The Morgan fingerprint density at radius 3 is 1.03 bits per heavy atom. The highest BCUT2D eigenvalue weighted by Crippen LogP contribution is 2.17. The van der Waals surface area contributed by atoms with Crippen molar-refractivity contribution in [2.24, 2.45) is 0 Å². The molecule has 0 aliphatic rings. The molecular weight excluding hydrogens is 851 g/mol. The molecular formula is C63H121NO5. The predicted molar refractivity (Wildman–Crippen MR) is 301 cm³/mol. The minimum absolute atomic E-state index is 0.0169. The number of unbranched alkanes of at least 4 members (excludes halogenated alkanes) is 45. The Labute approximate surface area is 431 Å². The van der Waals surface area contributed by atoms with Crippen molar-refractivity contribution in [3.8, 4) is 0 Å². The summed E-state index contributed by atoms with van der Waals surface area (Å²) in [6.07, 6.45) is 72.4. The number of ether oxygens (including phenoxy) is 1. The van der Waals surface area contributed by atoms with Crippen LogP contribution < -0.4 is 5.32 Å². The van der Waals surface area contributed by atoms with Gasteiger partial charge in [-0.15, -0.1) is 0 Å². The molecule has 0 aliphatic heterocycles. The molecule has 408 valence electrons. The lowest BCUT2D eigenvalue weighted by Gasteiger charge is -2.20. The van der Waals surface area contributed by atoms with E-state index in [4.69, 9.17) is 4.74 Å². The van der Waals surface area contributed by atoms with Gasteiger partial charge in [0.1, 0.15) is 0 Å². The van der Waals surface area contributed by atoms with E-state index in [0.717, 1.165) is 38.5 Å². The van der Waals surface area contributed by atoms with Gasteiger partial charge >= 0.3 is 5.97 Å². The number of hydrogen-bond donors (Lipinski definition) is 3. The number of rotatable bonds is 58. The van der Waals surface area contributed by atoms with Crippen molar-refractivity contribution in [1.29, 1.82) is 0 Å². The second kappa shape index (κ2) is 58.9. The maximum Gasteiger partial charge on any atom is 0.305 e. The first kappa shape index (κ1) is 67.3. The summed E-state index contributed by atoms with van der Waals surface area (Å²) in [7, 11) is 0. The molecule has 0 aliphatic carbocycles. The first-order valence-corrected chi connectivity index (χ1v) is 31.1. The number of amides is 1. The summed E-state index contributed by atoms with van der Waals surface area (Å²) in [5, 5.41) is 22.9. The first-order chi connectivity index (χ1) is 34.0. The Morgan fingerprint density at radius 1 is 0.391 bits per heavy atom. The molecule has 0 aromatic heterocycles. The molecule has 3 N–H and O–H groups in total. The van der Waals surface area contributed by atoms with Crippen LogP contribution in [0.25, 0.3) is 0 Å². The van der Waals surface area contributed by atoms with E-state index in [-0.39, 0.29) is 18.5 Å². The van der Waals surface area contributed by atoms with Crippen LogP contribution in [0, 0.1) is 0 Å². The van der Waals surface area contributed by atoms with E-state index in [2.05, 4.69) is 31.3 Å². The average Bonchev–Trinajstić information content (AvgIpc) is 3.35. The van der Waals surface area contributed by atoms with Gasteiger partial charge in [0.05, 0.1) is 25.4 Å². The Morgan fingerprint density at radius 2 is 0.681 bits per heavy atom. The molecule has 6 nitrogen and oxygen atoms in total. The Kier molecular flexibility index (Phi) is 57.5. The van der Waals surface area contributed by atoms with Gasteiger partial charge < -0.3 is 20.3 Å². The number of hydrogen-bond acceptors (Lipinski definition) is 5. The highest BCUT2D eigenvalue weighted by molar-refractivity contribution is 5.76. The van der Waals surface area contributed by atoms with Crippen LogP contribution in [0.3, 0.4) is 0 Å². The summed E-state index contributed by atoms with van der Waals surface area (Å²) in [5.41, 5.74) is 0. The van der Waals surface area contributed by atoms with Gasteiger partial charge in [0.2, 0.25) is 5.91 Å². The third kappa shape index (κ3) is 55.5. The maximum atomic E-state index is 12.4. The SMILES string of the molecule is CCCCCCCCC/C=C/C(O)C(CO)NC(=O)CCCCCCCCCC/C=C\CCCCCCCCCCCCCCOC(=O)CCCCCCCCCCCCCCCCCCCCC. The highest BCUT2D eigenvalue weighted by Gasteiger charge is 2.18. The summed E-state index contributed by atoms with van der Waals surface area (Å²) in [5.74, 6) is -0.0576. The first-order valence-electron chi connectivity index (χ1n) is 31.1. The molecule has 0 heterocycles. The zero-order valence-corrected chi connectivity index (χ0v) is 46.6. The zero-order valence-electron chi connectivity index (χ0n) is 46.6. The topological polar surface area (TPSA) is 95.9 Å². The fraction of sp³-hybridized carbons (Fsp3) is 0.905. The van der Waals surface area contributed by atoms with Crippen LogP contribution in [0.5, 0.6) is 0 Å². The van der Waals surface area contributed by atoms with Crippen molar-refractivity contribution >= 4 is 11.9 Å². The number of allylic oxidation sites excluding steroid dienone is 3. The quantitative estimate of drug-likeness (QED) is 0.0321. The molecule has 2 atom stereocenters. The minimum atomic E-state index is -0.844. The van der Waals surface area contributed by atoms with Crippen LogP contribution in [-0.2, 0) is 14.3 Å². The van der Waals surface area contributed by atoms with Crippen LogP contribution in [0.2, 0.25) is 0 Å². The smallest absolute Gasteiger partial charge is 0.305 e. The summed E-state index contributed by atoms with van der Waals surface area (Å²) >= 11 is 0. The fourth-order valence-corrected chi connectivity index (χ4v) is 9.69. The van der Waals surface area contributed by atoms with E-state index < -0.39 is 12.1 Å². The summed E-state index contributed by atoms with van der Waals surface area (Å²) in [6.45, 7) is 4.89. The maximum absolute atomic E-state index is 12.4. The van der Waals surface area contributed by atoms with E-state index in [1.807, 2.05) is 6.08 Å². The predicted octanol–water partition coefficient (Wildman–Crippen LogP) is 19.4. The standard InChI is InChI=1S/C63H121NO5/c1-3-5-7-9-11-13-14-15-16-17-24-28-31-34-37-41-45-49-53-57-63(68)69-58-54-50-46-42-38-35-32-29-26-23-21-19-18-20-22-25-27-30-33-36-40-44-48-52-56-62(67)64-60(59-65)61(66)55-51-47-43-39-12-10-8-6-4-2/h20,22,51,55,60-61,65-66H,3-19,21,23-50,52-54,56-59H2,1-2H3,(H,64,67)/b22-20-,55-51+. The molecule has 0 spiro atoms. The molecule has 0 bridgehead atoms. The van der Waals surface area contributed by atoms with Gasteiger partial charge in [-0.1, -0.05) is 295 Å². The van der Waals surface area contributed by atoms with E-state index in [0.29, 0.717) is 19.4 Å². The van der Waals surface area contributed by atoms with E-state index in [9.17, 15) is 19.8 Å². The Balaban J connectivity index is 3.35. The molecule has 0 rings (SSSR count). The average molecular weight is 973 g/mol. The molecule has 1 amide bonds. The Bertz CT molecular complexity index is 1080. The van der Waals surface area contributed by atoms with Gasteiger partial charge in [-0.05, 0) is 57.8 Å². The molecule has 0 saturated carbocycles. The third-order valence-corrected chi connectivity index (χ3v) is 14.5. The third-order valence-electron chi connectivity index (χ3n) is 14.5. The lowest BCUT2D eigenvalue weighted by Crippen LogP contribution is -2.45. The molecule has 6 heteroatoms. The Hall–Kier alpha value is -1.66. The van der Waals surface area contributed by atoms with Gasteiger partial charge in [0, 0.05) is 12.8 Å². The molecule has 69 heavy (non-hydrogen) atoms. The molecule has 2 unspecified atom stereocenters. The summed E-state index contributed by atoms with van der Waals surface area (Å²) in [4.78, 5) is 24.5. The zero-order chi connectivity index (χ0) is 50.0. The monoisotopic (exact) mass is 972 g/mol. The molecule has 0 fully saturated rings. The second-order valence-corrected chi connectivity index (χ2v) is 21.4. The van der Waals surface area contributed by atoms with E-state index in [1.54, 1.807) is 6.08 Å². The number of nitrogens with one attached hydrogen (secondary N) is 1. The number of esters is 1. The van der Waals surface area contributed by atoms with Crippen molar-refractivity contribution in [3.05, 3.63) is 24.3 Å². The lowest BCUT2D eigenvalue weighted by molar-refractivity contribution is -0.143. The van der Waals surface area contributed by atoms with Gasteiger partial charge in [-0.3, -0.25) is 9.59 Å². The van der Waals surface area contributed by atoms with Crippen molar-refractivity contribution in [2.75, 3.05) is 13.2 Å². The van der Waals surface area contributed by atoms with E-state index in [1.165, 1.54) is 276 Å². The number of carbonyl (C=O) groups is 2. The fourth-order valence-electron chi connectivity index (χ4n) is 9.69. The second-order valence-electron chi connectivity index (χ2n) is 21.4. The highest BCUT2D eigenvalue weighted by atomic mass is 16.5. The van der Waals surface area contributed by atoms with Crippen LogP contribution in [0.4, 0.5) is 0 Å². The number of carbonyl (C=O) groups excluding carboxylic acids is 2. The van der Waals surface area contributed by atoms with Crippen molar-refractivity contribution in [2.45, 2.75) is 353 Å². The normalized spacial score (nSPS) is 12.7. The van der Waals surface area contributed by atoms with Crippen molar-refractivity contribution < 1.29 is 24.5 Å². The van der Waals surface area contributed by atoms with Crippen molar-refractivity contribution in [1.82, 2.24) is 5.32 Å². The van der Waals surface area contributed by atoms with Crippen LogP contribution in [-0.4, -0.2) is 47.4 Å². The van der Waals surface area contributed by atoms with Gasteiger partial charge in [0.25, 0.3) is 0 Å². The molecule has 0 aromatic carbocycles. The van der Waals surface area contributed by atoms with Gasteiger partial charge in [-0.25, -0.2) is 0 Å². The van der Waals surface area contributed by atoms with Gasteiger partial charge in [-0.2, -0.15) is 0 Å². The lowest BCUT2D eigenvalue weighted by atomic mass is 10.0. The van der Waals surface area contributed by atoms with Crippen LogP contribution in [0.1, 0.15) is 341 Å². The van der Waals surface area contributed by atoms with Crippen molar-refractivity contribution in [3.63, 3.8) is 0 Å². The molecule has 0 aromatic rings.